The van der Waals surface area contributed by atoms with Crippen molar-refractivity contribution >= 4 is 17.8 Å². The average molecular weight is 488 g/mol. The first-order chi connectivity index (χ1) is 16.4. The second-order valence-corrected chi connectivity index (χ2v) is 9.46. The number of imide groups is 1. The minimum absolute atomic E-state index is 0.0680. The van der Waals surface area contributed by atoms with Crippen LogP contribution in [0.1, 0.15) is 63.3 Å². The zero-order valence-electron chi connectivity index (χ0n) is 20.5. The predicted molar refractivity (Wildman–Crippen MR) is 127 cm³/mol. The first kappa shape index (κ1) is 26.1. The summed E-state index contributed by atoms with van der Waals surface area (Å²) in [5.74, 6) is -0.682. The number of ether oxygens (including phenoxy) is 1. The van der Waals surface area contributed by atoms with Crippen molar-refractivity contribution in [3.63, 3.8) is 0 Å². The van der Waals surface area contributed by atoms with Crippen LogP contribution in [0.3, 0.4) is 0 Å². The van der Waals surface area contributed by atoms with E-state index in [4.69, 9.17) is 0 Å². The van der Waals surface area contributed by atoms with Crippen molar-refractivity contribution in [2.24, 2.45) is 5.92 Å². The van der Waals surface area contributed by atoms with Crippen molar-refractivity contribution in [1.29, 1.82) is 0 Å². The molecule has 0 aliphatic carbocycles. The molecule has 1 aliphatic heterocycles. The number of amides is 4. The van der Waals surface area contributed by atoms with Gasteiger partial charge >= 0.3 is 12.6 Å². The summed E-state index contributed by atoms with van der Waals surface area (Å²) in [4.78, 5) is 39.5. The van der Waals surface area contributed by atoms with E-state index < -0.39 is 36.5 Å². The lowest BCUT2D eigenvalue weighted by atomic mass is 9.92. The molecule has 0 saturated carbocycles. The Balaban J connectivity index is 1.71. The summed E-state index contributed by atoms with van der Waals surface area (Å²) in [7, 11) is 0. The van der Waals surface area contributed by atoms with Crippen LogP contribution < -0.4 is 15.4 Å². The molecule has 9 heteroatoms. The molecule has 188 valence electrons. The van der Waals surface area contributed by atoms with Crippen LogP contribution in [0.5, 0.6) is 5.75 Å². The highest BCUT2D eigenvalue weighted by Gasteiger charge is 2.49. The third-order valence-electron chi connectivity index (χ3n) is 6.18. The fraction of sp³-hybridized carbons (Fsp3) is 0.423. The molecule has 2 atom stereocenters. The second kappa shape index (κ2) is 10.4. The Labute approximate surface area is 203 Å². The van der Waals surface area contributed by atoms with Gasteiger partial charge in [-0.25, -0.2) is 4.79 Å². The number of nitrogens with zero attached hydrogens (tertiary/aromatic N) is 1. The van der Waals surface area contributed by atoms with E-state index in [9.17, 15) is 23.2 Å². The van der Waals surface area contributed by atoms with Gasteiger partial charge in [-0.05, 0) is 47.6 Å². The van der Waals surface area contributed by atoms with Gasteiger partial charge in [-0.2, -0.15) is 8.78 Å². The van der Waals surface area contributed by atoms with Crippen molar-refractivity contribution < 1.29 is 27.9 Å². The Bertz CT molecular complexity index is 1070. The van der Waals surface area contributed by atoms with Crippen LogP contribution in [0.25, 0.3) is 0 Å². The molecule has 1 aliphatic rings. The number of alkyl halides is 2. The number of hydrogen-bond acceptors (Lipinski definition) is 4. The minimum Gasteiger partial charge on any atom is -0.435 e. The van der Waals surface area contributed by atoms with Gasteiger partial charge in [0.25, 0.3) is 5.91 Å². The molecule has 1 heterocycles. The summed E-state index contributed by atoms with van der Waals surface area (Å²) in [5.41, 5.74) is 1.07. The molecule has 1 saturated heterocycles. The zero-order chi connectivity index (χ0) is 25.9. The SMILES string of the molecule is CC(C)c1ccc(C(NC(=O)CN2C(=O)NC(C)(c3ccc(OC(F)F)cc3)C2=O)C(C)C)cc1. The minimum atomic E-state index is -2.97. The fourth-order valence-corrected chi connectivity index (χ4v) is 4.09. The molecule has 0 spiro atoms. The molecule has 35 heavy (non-hydrogen) atoms. The van der Waals surface area contributed by atoms with Gasteiger partial charge in [0.05, 0.1) is 6.04 Å². The standard InChI is InChI=1S/C26H31F2N3O4/c1-15(2)17-6-8-18(9-7-17)22(16(3)4)29-21(32)14-31-23(33)26(5,30-25(31)34)19-10-12-20(13-11-19)35-24(27)28/h6-13,15-16,22,24H,14H2,1-5H3,(H,29,32)(H,30,34). The first-order valence-corrected chi connectivity index (χ1v) is 11.5. The molecular weight excluding hydrogens is 456 g/mol. The van der Waals surface area contributed by atoms with Gasteiger partial charge < -0.3 is 15.4 Å². The van der Waals surface area contributed by atoms with Gasteiger partial charge in [0.15, 0.2) is 0 Å². The number of hydrogen-bond donors (Lipinski definition) is 2. The number of rotatable bonds is 9. The number of carbonyl (C=O) groups is 3. The van der Waals surface area contributed by atoms with Crippen LogP contribution in [-0.4, -0.2) is 35.9 Å². The molecule has 2 unspecified atom stereocenters. The van der Waals surface area contributed by atoms with Crippen molar-refractivity contribution in [1.82, 2.24) is 15.5 Å². The van der Waals surface area contributed by atoms with E-state index in [1.165, 1.54) is 36.8 Å². The maximum absolute atomic E-state index is 13.1. The Morgan fingerprint density at radius 3 is 2.09 bits per heavy atom. The van der Waals surface area contributed by atoms with Crippen LogP contribution in [0.2, 0.25) is 0 Å². The van der Waals surface area contributed by atoms with E-state index >= 15 is 0 Å². The monoisotopic (exact) mass is 487 g/mol. The van der Waals surface area contributed by atoms with Gasteiger partial charge in [0, 0.05) is 0 Å². The number of nitrogens with one attached hydrogen (secondary N) is 2. The lowest BCUT2D eigenvalue weighted by Gasteiger charge is -2.25. The van der Waals surface area contributed by atoms with E-state index in [-0.39, 0.29) is 17.7 Å². The summed E-state index contributed by atoms with van der Waals surface area (Å²) in [6.07, 6.45) is 0. The summed E-state index contributed by atoms with van der Waals surface area (Å²) >= 11 is 0. The topological polar surface area (TPSA) is 87.7 Å². The van der Waals surface area contributed by atoms with Crippen LogP contribution in [0.4, 0.5) is 13.6 Å². The number of benzene rings is 2. The van der Waals surface area contributed by atoms with Crippen LogP contribution in [0, 0.1) is 5.92 Å². The van der Waals surface area contributed by atoms with E-state index in [0.717, 1.165) is 10.5 Å². The lowest BCUT2D eigenvalue weighted by molar-refractivity contribution is -0.135. The Kier molecular flexibility index (Phi) is 7.77. The van der Waals surface area contributed by atoms with E-state index in [0.29, 0.717) is 11.5 Å². The van der Waals surface area contributed by atoms with Gasteiger partial charge in [-0.15, -0.1) is 0 Å². The maximum Gasteiger partial charge on any atom is 0.387 e. The van der Waals surface area contributed by atoms with Crippen molar-refractivity contribution in [2.45, 2.75) is 58.7 Å². The lowest BCUT2D eigenvalue weighted by Crippen LogP contribution is -2.44. The summed E-state index contributed by atoms with van der Waals surface area (Å²) in [5, 5.41) is 5.55. The van der Waals surface area contributed by atoms with Gasteiger partial charge in [0.2, 0.25) is 5.91 Å². The highest BCUT2D eigenvalue weighted by molar-refractivity contribution is 6.09. The number of carbonyl (C=O) groups excluding carboxylic acids is 3. The quantitative estimate of drug-likeness (QED) is 0.503. The maximum atomic E-state index is 13.1. The smallest absolute Gasteiger partial charge is 0.387 e. The Morgan fingerprint density at radius 1 is 1.00 bits per heavy atom. The molecule has 0 aromatic heterocycles. The molecule has 2 aromatic rings. The van der Waals surface area contributed by atoms with Crippen LogP contribution in [0.15, 0.2) is 48.5 Å². The largest absolute Gasteiger partial charge is 0.435 e. The zero-order valence-corrected chi connectivity index (χ0v) is 20.5. The van der Waals surface area contributed by atoms with E-state index in [1.54, 1.807) is 0 Å². The second-order valence-electron chi connectivity index (χ2n) is 9.46. The van der Waals surface area contributed by atoms with Gasteiger partial charge in [0.1, 0.15) is 17.8 Å². The molecule has 0 bridgehead atoms. The fourth-order valence-electron chi connectivity index (χ4n) is 4.09. The van der Waals surface area contributed by atoms with Crippen molar-refractivity contribution in [3.8, 4) is 5.75 Å². The third-order valence-corrected chi connectivity index (χ3v) is 6.18. The van der Waals surface area contributed by atoms with Crippen molar-refractivity contribution in [2.75, 3.05) is 6.54 Å². The molecule has 0 radical (unpaired) electrons. The molecule has 4 amide bonds. The normalized spacial score (nSPS) is 18.9. The molecule has 1 fully saturated rings. The van der Waals surface area contributed by atoms with E-state index in [2.05, 4.69) is 29.2 Å². The molecule has 2 aromatic carbocycles. The molecule has 7 nitrogen and oxygen atoms in total. The van der Waals surface area contributed by atoms with Crippen LogP contribution >= 0.6 is 0 Å². The number of halogens is 2. The Morgan fingerprint density at radius 2 is 1.57 bits per heavy atom. The summed E-state index contributed by atoms with van der Waals surface area (Å²) in [6, 6.07) is 12.5. The van der Waals surface area contributed by atoms with E-state index in [1.807, 2.05) is 38.1 Å². The molecule has 3 rings (SSSR count). The predicted octanol–water partition coefficient (Wildman–Crippen LogP) is 4.69. The van der Waals surface area contributed by atoms with Crippen molar-refractivity contribution in [3.05, 3.63) is 65.2 Å². The number of urea groups is 1. The summed E-state index contributed by atoms with van der Waals surface area (Å²) < 4.78 is 29.1. The van der Waals surface area contributed by atoms with Gasteiger partial charge in [-0.3, -0.25) is 14.5 Å². The molecular formula is C26H31F2N3O4. The van der Waals surface area contributed by atoms with Gasteiger partial charge in [-0.1, -0.05) is 64.1 Å². The highest BCUT2D eigenvalue weighted by atomic mass is 19.3. The first-order valence-electron chi connectivity index (χ1n) is 11.5. The Hall–Kier alpha value is -3.49. The average Bonchev–Trinajstić information content (AvgIpc) is 3.01. The summed E-state index contributed by atoms with van der Waals surface area (Å²) in [6.45, 7) is 6.26. The highest BCUT2D eigenvalue weighted by Crippen LogP contribution is 2.30. The third kappa shape index (κ3) is 5.78. The molecule has 2 N–H and O–H groups in total. The van der Waals surface area contributed by atoms with Crippen LogP contribution in [-0.2, 0) is 15.1 Å².